The molecule has 0 radical (unpaired) electrons. The number of nitrogens with one attached hydrogen (secondary N) is 4. The quantitative estimate of drug-likeness (QED) is 0.142. The van der Waals surface area contributed by atoms with Crippen molar-refractivity contribution in [3.05, 3.63) is 29.8 Å². The zero-order chi connectivity index (χ0) is 34.5. The van der Waals surface area contributed by atoms with Gasteiger partial charge in [0.1, 0.15) is 35.1 Å². The van der Waals surface area contributed by atoms with Gasteiger partial charge in [0.15, 0.2) is 0 Å². The van der Waals surface area contributed by atoms with Crippen LogP contribution in [0.2, 0.25) is 0 Å². The molecule has 1 aromatic rings. The summed E-state index contributed by atoms with van der Waals surface area (Å²) in [6.07, 6.45) is -1.37. The van der Waals surface area contributed by atoms with Crippen LogP contribution in [0.25, 0.3) is 0 Å². The van der Waals surface area contributed by atoms with Gasteiger partial charge in [0.2, 0.25) is 17.7 Å². The SMILES string of the molecule is COC(=O)[C@H](CC(C)C)NC(=O)CNC(=O)[C@H](C)NC(=O)[C@@H](Cc1ccc(OC(=O)OC(C)(C)C)cc1)NC(=O)OC(C)(C)C. The number of carbonyl (C=O) groups is 6. The average Bonchev–Trinajstić information content (AvgIpc) is 2.89. The van der Waals surface area contributed by atoms with Crippen molar-refractivity contribution in [1.29, 1.82) is 0 Å². The van der Waals surface area contributed by atoms with E-state index >= 15 is 0 Å². The van der Waals surface area contributed by atoms with E-state index in [9.17, 15) is 28.8 Å². The summed E-state index contributed by atoms with van der Waals surface area (Å²) in [6.45, 7) is 14.9. The van der Waals surface area contributed by atoms with E-state index in [1.807, 2.05) is 13.8 Å². The first-order valence-electron chi connectivity index (χ1n) is 14.6. The molecule has 14 nitrogen and oxygen atoms in total. The Morgan fingerprint density at radius 2 is 1.33 bits per heavy atom. The fraction of sp³-hybridized carbons (Fsp3) is 0.613. The summed E-state index contributed by atoms with van der Waals surface area (Å²) < 4.78 is 20.3. The molecule has 0 saturated carbocycles. The second-order valence-electron chi connectivity index (χ2n) is 12.8. The summed E-state index contributed by atoms with van der Waals surface area (Å²) in [5, 5.41) is 10.0. The molecule has 0 aromatic heterocycles. The van der Waals surface area contributed by atoms with E-state index < -0.39 is 71.8 Å². The van der Waals surface area contributed by atoms with Crippen LogP contribution < -0.4 is 26.0 Å². The number of amides is 4. The Labute approximate surface area is 264 Å². The van der Waals surface area contributed by atoms with Crippen LogP contribution in [-0.4, -0.2) is 78.9 Å². The largest absolute Gasteiger partial charge is 0.514 e. The summed E-state index contributed by atoms with van der Waals surface area (Å²) >= 11 is 0. The van der Waals surface area contributed by atoms with Crippen molar-refractivity contribution >= 4 is 35.9 Å². The van der Waals surface area contributed by atoms with E-state index in [0.717, 1.165) is 0 Å². The van der Waals surface area contributed by atoms with Gasteiger partial charge in [-0.2, -0.15) is 0 Å². The third-order valence-corrected chi connectivity index (χ3v) is 5.66. The summed E-state index contributed by atoms with van der Waals surface area (Å²) in [5.41, 5.74) is -0.966. The smallest absolute Gasteiger partial charge is 0.467 e. The number of esters is 1. The average molecular weight is 637 g/mol. The molecule has 0 aliphatic rings. The predicted molar refractivity (Wildman–Crippen MR) is 164 cm³/mol. The molecule has 14 heteroatoms. The van der Waals surface area contributed by atoms with Crippen LogP contribution in [0.4, 0.5) is 9.59 Å². The number of hydrogen-bond acceptors (Lipinski definition) is 10. The number of hydrogen-bond donors (Lipinski definition) is 4. The first-order chi connectivity index (χ1) is 20.7. The Hall–Kier alpha value is -4.36. The molecule has 1 aromatic carbocycles. The highest BCUT2D eigenvalue weighted by molar-refractivity contribution is 5.93. The highest BCUT2D eigenvalue weighted by Gasteiger charge is 2.28. The molecule has 3 atom stereocenters. The Morgan fingerprint density at radius 3 is 1.84 bits per heavy atom. The van der Waals surface area contributed by atoms with Gasteiger partial charge in [0.25, 0.3) is 0 Å². The summed E-state index contributed by atoms with van der Waals surface area (Å²) in [5.74, 6) is -2.25. The molecule has 4 N–H and O–H groups in total. The Morgan fingerprint density at radius 1 is 0.756 bits per heavy atom. The predicted octanol–water partition coefficient (Wildman–Crippen LogP) is 2.76. The number of rotatable bonds is 13. The van der Waals surface area contributed by atoms with Crippen molar-refractivity contribution in [3.63, 3.8) is 0 Å². The molecule has 45 heavy (non-hydrogen) atoms. The highest BCUT2D eigenvalue weighted by Crippen LogP contribution is 2.17. The molecule has 252 valence electrons. The molecule has 0 spiro atoms. The lowest BCUT2D eigenvalue weighted by atomic mass is 10.0. The second kappa shape index (κ2) is 17.2. The number of ether oxygens (including phenoxy) is 4. The van der Waals surface area contributed by atoms with E-state index in [1.165, 1.54) is 26.2 Å². The minimum atomic E-state index is -1.16. The first kappa shape index (κ1) is 38.7. The zero-order valence-corrected chi connectivity index (χ0v) is 27.8. The number of alkyl carbamates (subject to hydrolysis) is 1. The fourth-order valence-electron chi connectivity index (χ4n) is 3.73. The number of carbonyl (C=O) groups excluding carboxylic acids is 6. The van der Waals surface area contributed by atoms with Crippen molar-refractivity contribution in [1.82, 2.24) is 21.3 Å². The van der Waals surface area contributed by atoms with Crippen molar-refractivity contribution < 1.29 is 47.7 Å². The van der Waals surface area contributed by atoms with Crippen molar-refractivity contribution in [3.8, 4) is 5.75 Å². The maximum atomic E-state index is 13.2. The highest BCUT2D eigenvalue weighted by atomic mass is 16.7. The van der Waals surface area contributed by atoms with Crippen molar-refractivity contribution in [2.24, 2.45) is 5.92 Å². The molecular weight excluding hydrogens is 588 g/mol. The first-order valence-corrected chi connectivity index (χ1v) is 14.6. The minimum absolute atomic E-state index is 0.000688. The van der Waals surface area contributed by atoms with Gasteiger partial charge in [0, 0.05) is 6.42 Å². The van der Waals surface area contributed by atoms with Gasteiger partial charge in [-0.25, -0.2) is 14.4 Å². The maximum Gasteiger partial charge on any atom is 0.514 e. The van der Waals surface area contributed by atoms with E-state index in [4.69, 9.17) is 18.9 Å². The topological polar surface area (TPSA) is 187 Å². The lowest BCUT2D eigenvalue weighted by molar-refractivity contribution is -0.145. The molecule has 0 saturated heterocycles. The van der Waals surface area contributed by atoms with Crippen LogP contribution in [0.15, 0.2) is 24.3 Å². The van der Waals surface area contributed by atoms with Gasteiger partial charge in [-0.05, 0) is 78.5 Å². The normalized spacial score (nSPS) is 13.4. The molecule has 4 amide bonds. The molecular formula is C31H48N4O10. The third-order valence-electron chi connectivity index (χ3n) is 5.66. The summed E-state index contributed by atoms with van der Waals surface area (Å²) in [4.78, 5) is 74.7. The van der Waals surface area contributed by atoms with Gasteiger partial charge >= 0.3 is 18.2 Å². The van der Waals surface area contributed by atoms with Gasteiger partial charge in [-0.15, -0.1) is 0 Å². The van der Waals surface area contributed by atoms with Gasteiger partial charge in [-0.3, -0.25) is 14.4 Å². The van der Waals surface area contributed by atoms with Crippen LogP contribution in [0.5, 0.6) is 5.75 Å². The van der Waals surface area contributed by atoms with E-state index in [-0.39, 0.29) is 18.1 Å². The van der Waals surface area contributed by atoms with E-state index in [2.05, 4.69) is 21.3 Å². The van der Waals surface area contributed by atoms with E-state index in [1.54, 1.807) is 53.7 Å². The van der Waals surface area contributed by atoms with Crippen LogP contribution >= 0.6 is 0 Å². The lowest BCUT2D eigenvalue weighted by Crippen LogP contribution is -2.55. The van der Waals surface area contributed by atoms with Crippen LogP contribution in [0.3, 0.4) is 0 Å². The molecule has 0 bridgehead atoms. The van der Waals surface area contributed by atoms with Crippen LogP contribution in [-0.2, 0) is 39.8 Å². The standard InChI is InChI=1S/C31H48N4O10/c1-18(2)15-23(27(39)42-10)34-24(36)17-32-25(37)19(3)33-26(38)22(35-28(40)44-30(4,5)6)16-20-11-13-21(14-12-20)43-29(41)45-31(7,8)9/h11-14,18-19,22-23H,15-17H2,1-10H3,(H,32,37)(H,33,38)(H,34,36)(H,35,40)/t19-,22+,23-/m0/s1. The monoisotopic (exact) mass is 636 g/mol. The van der Waals surface area contributed by atoms with Gasteiger partial charge in [0.05, 0.1) is 13.7 Å². The molecule has 0 heterocycles. The molecule has 0 aliphatic heterocycles. The molecule has 1 rings (SSSR count). The molecule has 0 unspecified atom stereocenters. The zero-order valence-electron chi connectivity index (χ0n) is 27.8. The lowest BCUT2D eigenvalue weighted by Gasteiger charge is -2.24. The van der Waals surface area contributed by atoms with Gasteiger partial charge in [-0.1, -0.05) is 26.0 Å². The summed E-state index contributed by atoms with van der Waals surface area (Å²) in [6, 6.07) is 3.11. The van der Waals surface area contributed by atoms with Crippen molar-refractivity contribution in [2.75, 3.05) is 13.7 Å². The minimum Gasteiger partial charge on any atom is -0.467 e. The number of methoxy groups -OCH3 is 1. The third kappa shape index (κ3) is 16.3. The maximum absolute atomic E-state index is 13.2. The van der Waals surface area contributed by atoms with Crippen LogP contribution in [0.1, 0.15) is 74.3 Å². The summed E-state index contributed by atoms with van der Waals surface area (Å²) in [7, 11) is 1.22. The second-order valence-corrected chi connectivity index (χ2v) is 12.8. The Kier molecular flexibility index (Phi) is 14.8. The number of benzene rings is 1. The van der Waals surface area contributed by atoms with Gasteiger partial charge < -0.3 is 40.2 Å². The Balaban J connectivity index is 2.90. The molecule has 0 aliphatic carbocycles. The fourth-order valence-corrected chi connectivity index (χ4v) is 3.73. The van der Waals surface area contributed by atoms with E-state index in [0.29, 0.717) is 12.0 Å². The Bertz CT molecular complexity index is 1190. The molecule has 0 fully saturated rings. The van der Waals surface area contributed by atoms with Crippen molar-refractivity contribution in [2.45, 2.75) is 104 Å². The van der Waals surface area contributed by atoms with Crippen LogP contribution in [0, 0.1) is 5.92 Å².